The summed E-state index contributed by atoms with van der Waals surface area (Å²) in [6, 6.07) is 125. The number of carbonyl (C=O) groups is 1. The molecule has 554 valence electrons. The van der Waals surface area contributed by atoms with Gasteiger partial charge in [-0.3, -0.25) is 19.3 Å². The first-order chi connectivity index (χ1) is 53.2. The van der Waals surface area contributed by atoms with Gasteiger partial charge in [-0.05, 0) is 187 Å². The molecule has 5 aromatic heterocycles. The summed E-state index contributed by atoms with van der Waals surface area (Å²) in [4.78, 5) is 31.0. The van der Waals surface area contributed by atoms with Crippen molar-refractivity contribution in [3.05, 3.63) is 398 Å². The number of allylic oxidation sites excluding steroid dienone is 3. The largest absolute Gasteiger partial charge is 0.513 e. The summed E-state index contributed by atoms with van der Waals surface area (Å²) in [7, 11) is 0. The molecule has 0 saturated heterocycles. The van der Waals surface area contributed by atoms with E-state index >= 15 is 0 Å². The molecule has 17 aromatic rings. The molecule has 1 atom stereocenters. The molecule has 0 spiro atoms. The first-order valence-corrected chi connectivity index (χ1v) is 36.7. The zero-order valence-corrected chi connectivity index (χ0v) is 67.8. The van der Waals surface area contributed by atoms with E-state index in [0.29, 0.717) is 0 Å². The van der Waals surface area contributed by atoms with Crippen molar-refractivity contribution < 1.29 is 60.3 Å². The molecule has 2 radical (unpaired) electrons. The van der Waals surface area contributed by atoms with Crippen molar-refractivity contribution in [2.45, 2.75) is 47.6 Å². The second-order valence-electron chi connectivity index (χ2n) is 25.8. The average molecular weight is 1820 g/mol. The Labute approximate surface area is 680 Å². The molecule has 10 nitrogen and oxygen atoms in total. The number of benzene rings is 12. The maximum atomic E-state index is 10.0. The molecule has 1 unspecified atom stereocenters. The maximum absolute atomic E-state index is 10.0. The van der Waals surface area contributed by atoms with Crippen LogP contribution < -0.4 is 4.90 Å². The summed E-state index contributed by atoms with van der Waals surface area (Å²) in [5, 5.41) is 30.9. The SMILES string of the molecule is CC(=O)C=C(C)O.CC(O)=CC(C)O.Cc1ccc(N(c2ccc(C)cc2)c2ccc(-c3ccc(-c4ccc(-c5nc6ccccc6n5-c5ccccc5)cc4)cc3)cc2)cc1.[Ir].[Ir].[c-]1ccccc1-c1ccc2ccccc2n1.[c-]1ccccc1-c1ccc2ccccc2n1.[c-]1ccccc1-c1nccc2sccc12. The number of anilines is 3. The number of thiophene rings is 1. The van der Waals surface area contributed by atoms with Crippen molar-refractivity contribution in [1.29, 1.82) is 0 Å². The summed E-state index contributed by atoms with van der Waals surface area (Å²) in [5.41, 5.74) is 23.1. The minimum Gasteiger partial charge on any atom is -0.513 e. The number of imidazole rings is 1. The second kappa shape index (κ2) is 40.3. The van der Waals surface area contributed by atoms with Crippen LogP contribution in [0.2, 0.25) is 0 Å². The number of aromatic nitrogens is 5. The van der Waals surface area contributed by atoms with Gasteiger partial charge in [0.15, 0.2) is 5.78 Å². The summed E-state index contributed by atoms with van der Waals surface area (Å²) in [6.07, 6.45) is 3.85. The topological polar surface area (TPSA) is 137 Å². The minimum absolute atomic E-state index is 0. The standard InChI is InChI=1S/C45H35N3.2C15H10N.C13H8NS.C5H10O2.C5H8O2.2Ir/c1-32-12-26-40(27-13-32)47(41-28-14-33(2)15-29-41)42-30-24-37(25-31-42)35-18-16-34(17-19-35)36-20-22-38(23-21-36)45-46-43-10-6-7-11-44(43)48(45)39-8-4-3-5-9-39;2*1-2-6-12(7-3-1)15-11-10-13-8-4-5-9-14(13)16-15;1-2-4-10(5-3-1)13-11-7-9-15-12(11)6-8-14-13;2*1-4(6)3-5(2)7;;/h3-31H,1-2H3;2*1-6,8-11H;1-4,6-9H;3-4,6-7H,1-2H3;3,6H,1-2H3;;/q;3*-1;;;;. The van der Waals surface area contributed by atoms with Gasteiger partial charge in [0, 0.05) is 85.5 Å². The van der Waals surface area contributed by atoms with Gasteiger partial charge in [-0.1, -0.05) is 193 Å². The smallest absolute Gasteiger partial charge is 0.155 e. The Kier molecular flexibility index (Phi) is 29.6. The Bertz CT molecular complexity index is 5680. The van der Waals surface area contributed by atoms with Crippen molar-refractivity contribution in [2.75, 3.05) is 4.90 Å². The van der Waals surface area contributed by atoms with Gasteiger partial charge >= 0.3 is 0 Å². The number of aliphatic hydroxyl groups is 3. The molecule has 0 bridgehead atoms. The molecule has 0 aliphatic heterocycles. The fraction of sp³-hybridized carbons (Fsp3) is 0.0714. The van der Waals surface area contributed by atoms with E-state index in [1.165, 1.54) is 87.2 Å². The molecule has 0 aliphatic carbocycles. The van der Waals surface area contributed by atoms with Crippen LogP contribution in [0, 0.1) is 32.0 Å². The fourth-order valence-corrected chi connectivity index (χ4v) is 13.0. The minimum atomic E-state index is -0.537. The first-order valence-electron chi connectivity index (χ1n) is 35.8. The van der Waals surface area contributed by atoms with Crippen LogP contribution in [0.3, 0.4) is 0 Å². The zero-order chi connectivity index (χ0) is 75.9. The molecule has 12 aromatic carbocycles. The van der Waals surface area contributed by atoms with E-state index in [2.05, 4.69) is 256 Å². The number of hydrogen-bond acceptors (Lipinski definition) is 10. The molecule has 111 heavy (non-hydrogen) atoms. The van der Waals surface area contributed by atoms with Crippen LogP contribution >= 0.6 is 11.3 Å². The normalized spacial score (nSPS) is 11.1. The third-order valence-electron chi connectivity index (χ3n) is 17.4. The van der Waals surface area contributed by atoms with Crippen molar-refractivity contribution in [2.24, 2.45) is 0 Å². The molecule has 0 fully saturated rings. The first kappa shape index (κ1) is 81.4. The van der Waals surface area contributed by atoms with Crippen LogP contribution in [-0.2, 0) is 45.0 Å². The third-order valence-corrected chi connectivity index (χ3v) is 18.3. The number of hydrogen-bond donors (Lipinski definition) is 3. The predicted octanol–water partition coefficient (Wildman–Crippen LogP) is 25.1. The molecule has 5 heterocycles. The van der Waals surface area contributed by atoms with Crippen molar-refractivity contribution >= 4 is 77.1 Å². The van der Waals surface area contributed by atoms with Crippen LogP contribution in [0.5, 0.6) is 0 Å². The molecule has 0 amide bonds. The quantitative estimate of drug-likeness (QED) is 0.0620. The van der Waals surface area contributed by atoms with E-state index in [9.17, 15) is 4.79 Å². The summed E-state index contributed by atoms with van der Waals surface area (Å²) >= 11 is 1.74. The Hall–Kier alpha value is -12.2. The maximum Gasteiger partial charge on any atom is 0.155 e. The van der Waals surface area contributed by atoms with E-state index < -0.39 is 6.10 Å². The number of ketones is 1. The number of pyridine rings is 3. The van der Waals surface area contributed by atoms with E-state index in [-0.39, 0.29) is 57.5 Å². The number of rotatable bonds is 12. The summed E-state index contributed by atoms with van der Waals surface area (Å²) in [5.74, 6) is 1.04. The number of para-hydroxylation sites is 5. The molecule has 13 heteroatoms. The number of nitrogens with zero attached hydrogens (tertiary/aromatic N) is 6. The van der Waals surface area contributed by atoms with E-state index in [1.807, 2.05) is 146 Å². The van der Waals surface area contributed by atoms with Crippen LogP contribution in [0.15, 0.2) is 369 Å². The fourth-order valence-electron chi connectivity index (χ4n) is 12.2. The van der Waals surface area contributed by atoms with Crippen molar-refractivity contribution in [1.82, 2.24) is 24.5 Å². The average Bonchev–Trinajstić information content (AvgIpc) is 1.62. The van der Waals surface area contributed by atoms with Gasteiger partial charge in [-0.2, -0.15) is 0 Å². The third kappa shape index (κ3) is 22.3. The van der Waals surface area contributed by atoms with Crippen LogP contribution in [0.1, 0.15) is 38.8 Å². The molecule has 0 saturated carbocycles. The van der Waals surface area contributed by atoms with Gasteiger partial charge in [-0.15, -0.1) is 119 Å². The molecular weight excluding hydrogens is 1740 g/mol. The van der Waals surface area contributed by atoms with Crippen LogP contribution in [-0.4, -0.2) is 51.7 Å². The van der Waals surface area contributed by atoms with Gasteiger partial charge in [0.05, 0.1) is 39.7 Å². The number of aliphatic hydroxyl groups excluding tert-OH is 3. The Morgan fingerprint density at radius 2 is 0.865 bits per heavy atom. The van der Waals surface area contributed by atoms with Gasteiger partial charge in [0.2, 0.25) is 0 Å². The molecule has 3 N–H and O–H groups in total. The van der Waals surface area contributed by atoms with Crippen molar-refractivity contribution in [3.63, 3.8) is 0 Å². The summed E-state index contributed by atoms with van der Waals surface area (Å²) < 4.78 is 3.52. The van der Waals surface area contributed by atoms with E-state index in [0.717, 1.165) is 90.0 Å². The summed E-state index contributed by atoms with van der Waals surface area (Å²) in [6.45, 7) is 10.2. The second-order valence-corrected chi connectivity index (χ2v) is 26.8. The Morgan fingerprint density at radius 1 is 0.441 bits per heavy atom. The Balaban J connectivity index is 0.000000168. The van der Waals surface area contributed by atoms with Crippen LogP contribution in [0.4, 0.5) is 17.1 Å². The van der Waals surface area contributed by atoms with Crippen LogP contribution in [0.25, 0.3) is 116 Å². The van der Waals surface area contributed by atoms with E-state index in [4.69, 9.17) is 20.3 Å². The van der Waals surface area contributed by atoms with Crippen molar-refractivity contribution in [3.8, 4) is 73.1 Å². The monoisotopic (exact) mass is 1820 g/mol. The van der Waals surface area contributed by atoms with Gasteiger partial charge in [0.25, 0.3) is 0 Å². The number of fused-ring (bicyclic) bond motifs is 4. The van der Waals surface area contributed by atoms with Gasteiger partial charge in [0.1, 0.15) is 5.82 Å². The Morgan fingerprint density at radius 3 is 1.30 bits per heavy atom. The van der Waals surface area contributed by atoms with Gasteiger partial charge in [-0.25, -0.2) is 4.98 Å². The predicted molar refractivity (Wildman–Crippen MR) is 453 cm³/mol. The molecule has 0 aliphatic rings. The number of carbonyl (C=O) groups excluding carboxylic acids is 1. The van der Waals surface area contributed by atoms with Gasteiger partial charge < -0.3 is 25.2 Å². The molecular formula is C98H81Ir2N6O4S-3. The zero-order valence-electron chi connectivity index (χ0n) is 62.1. The molecule has 17 rings (SSSR count). The number of aryl methyl sites for hydroxylation is 2. The van der Waals surface area contributed by atoms with E-state index in [1.54, 1.807) is 18.3 Å².